The van der Waals surface area contributed by atoms with E-state index in [2.05, 4.69) is 19.5 Å². The highest BCUT2D eigenvalue weighted by atomic mass is 31.2. The van der Waals surface area contributed by atoms with Crippen LogP contribution in [0.4, 0.5) is 10.6 Å². The number of rotatable bonds is 5. The van der Waals surface area contributed by atoms with Crippen molar-refractivity contribution in [3.05, 3.63) is 12.7 Å². The number of carbonyl (C=O) groups is 1. The molecule has 1 aliphatic heterocycles. The molecular formula is C11H15N6O7P. The molecule has 0 spiro atoms. The summed E-state index contributed by atoms with van der Waals surface area (Å²) in [4.78, 5) is 31.8. The van der Waals surface area contributed by atoms with Crippen LogP contribution in [0.3, 0.4) is 0 Å². The van der Waals surface area contributed by atoms with Crippen LogP contribution in [0.25, 0.3) is 11.2 Å². The molecule has 3 rings (SSSR count). The first-order valence-electron chi connectivity index (χ1n) is 6.94. The van der Waals surface area contributed by atoms with Crippen molar-refractivity contribution in [2.45, 2.75) is 24.5 Å². The maximum atomic E-state index is 11.4. The molecule has 0 saturated carbocycles. The molecule has 5 atom stereocenters. The van der Waals surface area contributed by atoms with Crippen molar-refractivity contribution in [1.29, 1.82) is 0 Å². The molecule has 1 saturated heterocycles. The number of ether oxygens (including phenoxy) is 1. The third kappa shape index (κ3) is 3.08. The van der Waals surface area contributed by atoms with Gasteiger partial charge in [0.25, 0.3) is 0 Å². The summed E-state index contributed by atoms with van der Waals surface area (Å²) in [6, 6.07) is 0. The minimum atomic E-state index is -4.68. The highest BCUT2D eigenvalue weighted by molar-refractivity contribution is 7.70. The van der Waals surface area contributed by atoms with Crippen molar-refractivity contribution in [2.24, 2.45) is 5.73 Å². The third-order valence-electron chi connectivity index (χ3n) is 3.69. The first-order valence-corrected chi connectivity index (χ1v) is 8.52. The van der Waals surface area contributed by atoms with Crippen LogP contribution in [0.1, 0.15) is 6.23 Å². The molecular weight excluding hydrogens is 359 g/mol. The topological polar surface area (TPSA) is 209 Å². The molecule has 0 radical (unpaired) electrons. The first-order chi connectivity index (χ1) is 11.7. The second-order valence-electron chi connectivity index (χ2n) is 5.28. The highest BCUT2D eigenvalue weighted by Gasteiger charge is 2.45. The standard InChI is InChI=1S/C11H15N6O7P/c12-8-5-9(15-2-14-8)17(3-16-5)10-7(19)6(18)4(24-10)1-23-25(21,22)11(13)20/h2-4,6-7,10,18-19H,1H2,(H2,13,20)(H,21,22)(H2,12,14,15)/t4-,6-,7-,10-/m1/s1. The number of hydrogen-bond acceptors (Lipinski definition) is 10. The average molecular weight is 374 g/mol. The number of hydrogen-bond donors (Lipinski definition) is 5. The summed E-state index contributed by atoms with van der Waals surface area (Å²) in [6.45, 7) is -0.644. The average Bonchev–Trinajstić information content (AvgIpc) is 3.09. The number of aliphatic hydroxyl groups is 2. The fourth-order valence-electron chi connectivity index (χ4n) is 2.39. The van der Waals surface area contributed by atoms with Crippen molar-refractivity contribution in [2.75, 3.05) is 12.3 Å². The Morgan fingerprint density at radius 3 is 2.76 bits per heavy atom. The number of nitrogens with zero attached hydrogens (tertiary/aromatic N) is 4. The Hall–Kier alpha value is -2.15. The predicted octanol–water partition coefficient (Wildman–Crippen LogP) is -1.69. The van der Waals surface area contributed by atoms with Gasteiger partial charge in [-0.1, -0.05) is 0 Å². The molecule has 2 aromatic heterocycles. The van der Waals surface area contributed by atoms with E-state index in [4.69, 9.17) is 16.2 Å². The molecule has 0 aliphatic carbocycles. The number of amides is 1. The SMILES string of the molecule is NC(=O)P(=O)(O)OC[C@H]1O[C@@H](n2cnc3c(N)ncnc32)[C@H](O)[C@@H]1O. The van der Waals surface area contributed by atoms with Gasteiger partial charge in [-0.05, 0) is 0 Å². The number of fused-ring (bicyclic) bond motifs is 1. The van der Waals surface area contributed by atoms with Gasteiger partial charge in [0.2, 0.25) is 0 Å². The van der Waals surface area contributed by atoms with Gasteiger partial charge in [-0.3, -0.25) is 13.9 Å². The quantitative estimate of drug-likeness (QED) is 0.373. The lowest BCUT2D eigenvalue weighted by molar-refractivity contribution is -0.0481. The molecule has 7 N–H and O–H groups in total. The number of anilines is 1. The van der Waals surface area contributed by atoms with Gasteiger partial charge in [-0.15, -0.1) is 0 Å². The molecule has 1 aliphatic rings. The van der Waals surface area contributed by atoms with E-state index in [-0.39, 0.29) is 17.0 Å². The van der Waals surface area contributed by atoms with Crippen LogP contribution >= 0.6 is 7.60 Å². The second kappa shape index (κ2) is 6.29. The molecule has 13 nitrogen and oxygen atoms in total. The van der Waals surface area contributed by atoms with E-state index >= 15 is 0 Å². The Balaban J connectivity index is 1.81. The summed E-state index contributed by atoms with van der Waals surface area (Å²) in [5.74, 6) is 0.124. The Kier molecular flexibility index (Phi) is 4.45. The summed E-state index contributed by atoms with van der Waals surface area (Å²) in [7, 11) is -4.68. The maximum absolute atomic E-state index is 11.4. The van der Waals surface area contributed by atoms with Crippen LogP contribution in [-0.2, 0) is 13.8 Å². The zero-order chi connectivity index (χ0) is 18.4. The molecule has 25 heavy (non-hydrogen) atoms. The van der Waals surface area contributed by atoms with Gasteiger partial charge in [0, 0.05) is 0 Å². The lowest BCUT2D eigenvalue weighted by Crippen LogP contribution is -2.34. The van der Waals surface area contributed by atoms with Crippen LogP contribution in [0, 0.1) is 0 Å². The van der Waals surface area contributed by atoms with Crippen LogP contribution in [-0.4, -0.2) is 65.2 Å². The number of carbonyl (C=O) groups excluding carboxylic acids is 1. The van der Waals surface area contributed by atoms with E-state index in [0.29, 0.717) is 0 Å². The molecule has 2 aromatic rings. The van der Waals surface area contributed by atoms with Gasteiger partial charge in [-0.2, -0.15) is 0 Å². The van der Waals surface area contributed by atoms with Gasteiger partial charge in [0.05, 0.1) is 12.9 Å². The lowest BCUT2D eigenvalue weighted by atomic mass is 10.1. The second-order valence-corrected chi connectivity index (χ2v) is 7.02. The molecule has 1 fully saturated rings. The van der Waals surface area contributed by atoms with Crippen molar-refractivity contribution < 1.29 is 33.7 Å². The van der Waals surface area contributed by atoms with Crippen molar-refractivity contribution >= 4 is 30.2 Å². The van der Waals surface area contributed by atoms with Crippen LogP contribution < -0.4 is 11.5 Å². The predicted molar refractivity (Wildman–Crippen MR) is 81.0 cm³/mol. The van der Waals surface area contributed by atoms with E-state index in [1.165, 1.54) is 17.2 Å². The summed E-state index contributed by atoms with van der Waals surface area (Å²) in [5.41, 5.74) is 9.41. The minimum absolute atomic E-state index is 0.124. The zero-order valence-electron chi connectivity index (χ0n) is 12.5. The first kappa shape index (κ1) is 17.7. The monoisotopic (exact) mass is 374 g/mol. The lowest BCUT2D eigenvalue weighted by Gasteiger charge is -2.16. The fourth-order valence-corrected chi connectivity index (χ4v) is 2.87. The van der Waals surface area contributed by atoms with E-state index in [1.54, 1.807) is 0 Å². The Morgan fingerprint density at radius 1 is 1.36 bits per heavy atom. The van der Waals surface area contributed by atoms with Gasteiger partial charge in [0.15, 0.2) is 17.7 Å². The number of nitrogens with two attached hydrogens (primary N) is 2. The van der Waals surface area contributed by atoms with Crippen molar-refractivity contribution in [3.63, 3.8) is 0 Å². The van der Waals surface area contributed by atoms with Crippen LogP contribution in [0.5, 0.6) is 0 Å². The number of aliphatic hydroxyl groups excluding tert-OH is 2. The molecule has 1 amide bonds. The highest BCUT2D eigenvalue weighted by Crippen LogP contribution is 2.43. The summed E-state index contributed by atoms with van der Waals surface area (Å²) < 4.78 is 22.7. The summed E-state index contributed by atoms with van der Waals surface area (Å²) >= 11 is 0. The minimum Gasteiger partial charge on any atom is -0.387 e. The Morgan fingerprint density at radius 2 is 2.08 bits per heavy atom. The van der Waals surface area contributed by atoms with Crippen molar-refractivity contribution in [3.8, 4) is 0 Å². The van der Waals surface area contributed by atoms with E-state index in [0.717, 1.165) is 0 Å². The van der Waals surface area contributed by atoms with E-state index in [1.807, 2.05) is 0 Å². The van der Waals surface area contributed by atoms with Crippen LogP contribution in [0.15, 0.2) is 12.7 Å². The van der Waals surface area contributed by atoms with Gasteiger partial charge in [0.1, 0.15) is 30.2 Å². The van der Waals surface area contributed by atoms with E-state index in [9.17, 15) is 24.5 Å². The molecule has 136 valence electrons. The van der Waals surface area contributed by atoms with Gasteiger partial charge >= 0.3 is 13.2 Å². The zero-order valence-corrected chi connectivity index (χ0v) is 13.4. The molecule has 0 aromatic carbocycles. The molecule has 0 bridgehead atoms. The normalized spacial score (nSPS) is 28.9. The van der Waals surface area contributed by atoms with E-state index < -0.39 is 44.4 Å². The number of aromatic nitrogens is 4. The summed E-state index contributed by atoms with van der Waals surface area (Å²) in [6.07, 6.45) is -2.71. The van der Waals surface area contributed by atoms with Crippen molar-refractivity contribution in [1.82, 2.24) is 19.5 Å². The number of imidazole rings is 1. The smallest absolute Gasteiger partial charge is 0.387 e. The van der Waals surface area contributed by atoms with Gasteiger partial charge in [-0.25, -0.2) is 19.5 Å². The summed E-state index contributed by atoms with van der Waals surface area (Å²) in [5, 5.41) is 20.2. The fraction of sp³-hybridized carbons (Fsp3) is 0.455. The Bertz CT molecular complexity index is 859. The van der Waals surface area contributed by atoms with Crippen LogP contribution in [0.2, 0.25) is 0 Å². The number of nitrogen functional groups attached to an aromatic ring is 1. The third-order valence-corrected chi connectivity index (χ3v) is 4.75. The Labute approximate surface area is 139 Å². The number of primary amides is 1. The van der Waals surface area contributed by atoms with Gasteiger partial charge < -0.3 is 31.3 Å². The molecule has 1 unspecified atom stereocenters. The molecule has 14 heteroatoms. The largest absolute Gasteiger partial charge is 0.415 e. The molecule has 3 heterocycles. The maximum Gasteiger partial charge on any atom is 0.415 e.